The van der Waals surface area contributed by atoms with Gasteiger partial charge in [0.15, 0.2) is 10.9 Å². The summed E-state index contributed by atoms with van der Waals surface area (Å²) in [5.41, 5.74) is -0.640. The number of carboxylic acids is 1. The molecule has 2 saturated carbocycles. The van der Waals surface area contributed by atoms with E-state index in [4.69, 9.17) is 19.2 Å². The van der Waals surface area contributed by atoms with E-state index in [9.17, 15) is 29.1 Å². The Morgan fingerprint density at radius 3 is 2.44 bits per heavy atom. The summed E-state index contributed by atoms with van der Waals surface area (Å²) in [7, 11) is 1.54. The number of ether oxygens (including phenoxy) is 3. The summed E-state index contributed by atoms with van der Waals surface area (Å²) in [5, 5.41) is 18.6. The van der Waals surface area contributed by atoms with Crippen molar-refractivity contribution in [2.24, 2.45) is 22.7 Å². The van der Waals surface area contributed by atoms with Gasteiger partial charge in [-0.2, -0.15) is 0 Å². The van der Waals surface area contributed by atoms with Crippen molar-refractivity contribution in [1.29, 1.82) is 0 Å². The number of likely N-dealkylation sites (tertiary alicyclic amines) is 1. The first-order valence-corrected chi connectivity index (χ1v) is 20.9. The van der Waals surface area contributed by atoms with E-state index in [0.717, 1.165) is 25.7 Å². The molecule has 3 N–H and O–H groups in total. The third kappa shape index (κ3) is 8.96. The number of carbonyl (C=O) groups is 5. The summed E-state index contributed by atoms with van der Waals surface area (Å²) >= 11 is 4.88. The first-order valence-electron chi connectivity index (χ1n) is 19.2. The molecule has 14 nitrogen and oxygen atoms in total. The number of methoxy groups -OCH3 is 1. The molecular weight excluding hydrogens is 818 g/mol. The van der Waals surface area contributed by atoms with Crippen LogP contribution in [0.1, 0.15) is 79.6 Å². The number of amides is 3. The lowest BCUT2D eigenvalue weighted by molar-refractivity contribution is -0.147. The number of nitrogens with one attached hydrogen (secondary N) is 2. The Bertz CT molecular complexity index is 2080. The van der Waals surface area contributed by atoms with E-state index in [1.807, 2.05) is 20.8 Å². The average Bonchev–Trinajstić information content (AvgIpc) is 3.57. The van der Waals surface area contributed by atoms with Gasteiger partial charge in [-0.15, -0.1) is 17.9 Å². The van der Waals surface area contributed by atoms with E-state index in [1.165, 1.54) is 16.2 Å². The van der Waals surface area contributed by atoms with Crippen molar-refractivity contribution in [2.45, 2.75) is 104 Å². The Hall–Kier alpha value is -4.57. The second-order valence-electron chi connectivity index (χ2n) is 16.6. The van der Waals surface area contributed by atoms with Crippen LogP contribution in [0.4, 0.5) is 9.93 Å². The van der Waals surface area contributed by atoms with Crippen LogP contribution in [0.2, 0.25) is 0 Å². The molecule has 1 aliphatic heterocycles. The Balaban J connectivity index is 1.34. The number of allylic oxidation sites excluding steroid dienone is 1. The van der Waals surface area contributed by atoms with Crippen molar-refractivity contribution in [3.05, 3.63) is 40.7 Å². The molecule has 57 heavy (non-hydrogen) atoms. The van der Waals surface area contributed by atoms with Crippen molar-refractivity contribution in [3.8, 4) is 22.9 Å². The minimum Gasteiger partial charge on any atom is -0.495 e. The number of carboxylic acid groups (broad SMARTS) is 1. The van der Waals surface area contributed by atoms with Gasteiger partial charge < -0.3 is 34.9 Å². The molecule has 0 spiro atoms. The second kappa shape index (κ2) is 16.7. The van der Waals surface area contributed by atoms with Gasteiger partial charge in [0.2, 0.25) is 11.8 Å². The Kier molecular flexibility index (Phi) is 12.3. The van der Waals surface area contributed by atoms with Crippen LogP contribution in [0.25, 0.3) is 22.3 Å². The lowest BCUT2D eigenvalue weighted by Gasteiger charge is -2.35. The van der Waals surface area contributed by atoms with E-state index in [1.54, 1.807) is 50.6 Å². The first-order chi connectivity index (χ1) is 26.9. The molecule has 3 fully saturated rings. The molecule has 2 aromatic heterocycles. The number of hydrogen-bond donors (Lipinski definition) is 3. The number of halogens is 1. The molecule has 3 aliphatic rings. The summed E-state index contributed by atoms with van der Waals surface area (Å²) in [6.07, 6.45) is 3.41. The number of thiazole rings is 1. The molecule has 1 saturated heterocycles. The second-order valence-corrected chi connectivity index (χ2v) is 18.2. The van der Waals surface area contributed by atoms with Crippen molar-refractivity contribution in [2.75, 3.05) is 19.0 Å². The SMILES string of the molecule is C=C[C@@H]1C[C@]1(CC(=O)[C@@H]1C[C@@H](Oc2cc(-c3csc(NC(=O)C(C)C)n3)nc3c(Br)c(OC)ccc23)CN1C(=O)C(NC(=O)OC1CCCC1)C(C)(C)C)C(=O)O. The maximum atomic E-state index is 14.6. The Labute approximate surface area is 344 Å². The number of anilines is 1. The topological polar surface area (TPSA) is 186 Å². The van der Waals surface area contributed by atoms with Gasteiger partial charge in [-0.3, -0.25) is 19.2 Å². The molecule has 2 aliphatic carbocycles. The van der Waals surface area contributed by atoms with Gasteiger partial charge in [-0.25, -0.2) is 14.8 Å². The molecule has 0 radical (unpaired) electrons. The number of hydrogen-bond acceptors (Lipinski definition) is 11. The standard InChI is InChI=1S/C41H50BrN5O9S/c1-8-22-17-41(22,37(51)52)18-29(48)28-15-24(19-47(28)36(50)34(40(4,5)6)45-39(53)56-23-11-9-10-12-23)55-31-16-26(27-20-57-38(44-27)46-35(49)21(2)3)43-33-25(31)13-14-30(54-7)32(33)42/h8,13-14,16,20-24,28,34H,1,9-12,15,17-19H2,2-7H3,(H,45,53)(H,51,52)(H,44,46,49)/t22-,24-,28+,34?,41-/m1/s1. The maximum absolute atomic E-state index is 14.6. The third-order valence-corrected chi connectivity index (χ3v) is 12.6. The maximum Gasteiger partial charge on any atom is 0.408 e. The van der Waals surface area contributed by atoms with Crippen molar-refractivity contribution >= 4 is 73.0 Å². The Morgan fingerprint density at radius 2 is 1.82 bits per heavy atom. The summed E-state index contributed by atoms with van der Waals surface area (Å²) in [5.74, 6) is -1.85. The predicted molar refractivity (Wildman–Crippen MR) is 218 cm³/mol. The monoisotopic (exact) mass is 867 g/mol. The van der Waals surface area contributed by atoms with Gasteiger partial charge in [-0.1, -0.05) is 40.7 Å². The molecule has 5 atom stereocenters. The van der Waals surface area contributed by atoms with E-state index < -0.39 is 52.8 Å². The summed E-state index contributed by atoms with van der Waals surface area (Å²) in [4.78, 5) is 77.8. The zero-order chi connectivity index (χ0) is 41.4. The van der Waals surface area contributed by atoms with Gasteiger partial charge in [-0.05, 0) is 71.5 Å². The lowest BCUT2D eigenvalue weighted by atomic mass is 9.85. The zero-order valence-corrected chi connectivity index (χ0v) is 35.5. The molecule has 1 unspecified atom stereocenters. The zero-order valence-electron chi connectivity index (χ0n) is 33.1. The first kappa shape index (κ1) is 42.0. The molecule has 1 aromatic carbocycles. The van der Waals surface area contributed by atoms with E-state index in [2.05, 4.69) is 38.1 Å². The van der Waals surface area contributed by atoms with Crippen LogP contribution < -0.4 is 20.1 Å². The number of fused-ring (bicyclic) bond motifs is 1. The fraction of sp³-hybridized carbons (Fsp3) is 0.537. The van der Waals surface area contributed by atoms with Crippen LogP contribution in [0.15, 0.2) is 40.7 Å². The highest BCUT2D eigenvalue weighted by Crippen LogP contribution is 2.56. The quantitative estimate of drug-likeness (QED) is 0.137. The molecule has 3 amide bonds. The normalized spacial score (nSPS) is 22.6. The molecule has 3 aromatic rings. The minimum absolute atomic E-state index is 0.0231. The summed E-state index contributed by atoms with van der Waals surface area (Å²) < 4.78 is 18.5. The van der Waals surface area contributed by atoms with Crippen LogP contribution >= 0.6 is 27.3 Å². The fourth-order valence-electron chi connectivity index (χ4n) is 7.62. The van der Waals surface area contributed by atoms with Crippen LogP contribution in [0.3, 0.4) is 0 Å². The van der Waals surface area contributed by atoms with Gasteiger partial charge in [0.25, 0.3) is 0 Å². The number of carbonyl (C=O) groups excluding carboxylic acids is 4. The number of aliphatic carboxylic acids is 1. The largest absolute Gasteiger partial charge is 0.495 e. The minimum atomic E-state index is -1.29. The molecular formula is C41H50BrN5O9S. The van der Waals surface area contributed by atoms with Gasteiger partial charge in [0.1, 0.15) is 35.4 Å². The molecule has 306 valence electrons. The predicted octanol–water partition coefficient (Wildman–Crippen LogP) is 7.39. The smallest absolute Gasteiger partial charge is 0.408 e. The molecule has 0 bridgehead atoms. The summed E-state index contributed by atoms with van der Waals surface area (Å²) in [6, 6.07) is 3.19. The van der Waals surface area contributed by atoms with Crippen molar-refractivity contribution in [1.82, 2.24) is 20.2 Å². The number of ketones is 1. The number of aromatic nitrogens is 2. The number of rotatable bonds is 14. The average molecular weight is 869 g/mol. The molecule has 3 heterocycles. The Morgan fingerprint density at radius 1 is 1.11 bits per heavy atom. The van der Waals surface area contributed by atoms with E-state index in [0.29, 0.717) is 43.4 Å². The number of pyridine rings is 1. The van der Waals surface area contributed by atoms with Gasteiger partial charge >= 0.3 is 12.1 Å². The van der Waals surface area contributed by atoms with Crippen LogP contribution in [-0.4, -0.2) is 87.6 Å². The van der Waals surface area contributed by atoms with E-state index >= 15 is 0 Å². The van der Waals surface area contributed by atoms with Crippen LogP contribution in [0.5, 0.6) is 11.5 Å². The van der Waals surface area contributed by atoms with Crippen molar-refractivity contribution in [3.63, 3.8) is 0 Å². The molecule has 6 rings (SSSR count). The molecule has 16 heteroatoms. The van der Waals surface area contributed by atoms with Crippen LogP contribution in [-0.2, 0) is 23.9 Å². The summed E-state index contributed by atoms with van der Waals surface area (Å²) in [6.45, 7) is 12.8. The lowest BCUT2D eigenvalue weighted by Crippen LogP contribution is -2.57. The number of benzene rings is 1. The number of alkyl carbamates (subject to hydrolysis) is 1. The van der Waals surface area contributed by atoms with E-state index in [-0.39, 0.29) is 49.7 Å². The third-order valence-electron chi connectivity index (χ3n) is 11.1. The fourth-order valence-corrected chi connectivity index (χ4v) is 8.93. The van der Waals surface area contributed by atoms with Gasteiger partial charge in [0.05, 0.1) is 40.8 Å². The van der Waals surface area contributed by atoms with Crippen molar-refractivity contribution < 1.29 is 43.3 Å². The highest BCUT2D eigenvalue weighted by Gasteiger charge is 2.61. The number of Topliss-reactive ketones (excluding diaryl/α,β-unsaturated/α-hetero) is 1. The highest BCUT2D eigenvalue weighted by atomic mass is 79.9. The highest BCUT2D eigenvalue weighted by molar-refractivity contribution is 9.10. The van der Waals surface area contributed by atoms with Crippen LogP contribution in [0, 0.1) is 22.7 Å². The number of nitrogens with zero attached hydrogens (tertiary/aromatic N) is 3. The van der Waals surface area contributed by atoms with Gasteiger partial charge in [0, 0.05) is 35.6 Å².